The van der Waals surface area contributed by atoms with Crippen molar-refractivity contribution in [3.63, 3.8) is 0 Å². The molecule has 138 valence electrons. The zero-order valence-corrected chi connectivity index (χ0v) is 16.4. The number of hydrogen-bond donors (Lipinski definition) is 0. The Morgan fingerprint density at radius 2 is 1.92 bits per heavy atom. The van der Waals surface area contributed by atoms with Crippen LogP contribution in [-0.2, 0) is 17.6 Å². The van der Waals surface area contributed by atoms with E-state index in [2.05, 4.69) is 24.0 Å². The lowest BCUT2D eigenvalue weighted by Gasteiger charge is -2.42. The van der Waals surface area contributed by atoms with Crippen LogP contribution in [0.15, 0.2) is 18.2 Å². The Kier molecular flexibility index (Phi) is 6.40. The van der Waals surface area contributed by atoms with Gasteiger partial charge < -0.3 is 4.90 Å². The predicted octanol–water partition coefficient (Wildman–Crippen LogP) is 4.31. The van der Waals surface area contributed by atoms with Crippen LogP contribution in [0.25, 0.3) is 0 Å². The highest BCUT2D eigenvalue weighted by Gasteiger charge is 2.35. The summed E-state index contributed by atoms with van der Waals surface area (Å²) in [5.41, 5.74) is 2.17. The van der Waals surface area contributed by atoms with Gasteiger partial charge in [-0.3, -0.25) is 9.69 Å². The first kappa shape index (κ1) is 18.7. The van der Waals surface area contributed by atoms with Crippen molar-refractivity contribution in [2.24, 2.45) is 0 Å². The van der Waals surface area contributed by atoms with Gasteiger partial charge in [0.1, 0.15) is 0 Å². The lowest BCUT2D eigenvalue weighted by atomic mass is 9.88. The maximum absolute atomic E-state index is 12.9. The molecule has 1 aromatic rings. The predicted molar refractivity (Wildman–Crippen MR) is 104 cm³/mol. The maximum Gasteiger partial charge on any atom is 0.227 e. The number of likely N-dealkylation sites (tertiary alicyclic amines) is 1. The number of benzene rings is 1. The average Bonchev–Trinajstić information content (AvgIpc) is 3.16. The molecule has 1 aliphatic heterocycles. The highest BCUT2D eigenvalue weighted by molar-refractivity contribution is 6.31. The van der Waals surface area contributed by atoms with Crippen LogP contribution in [0, 0.1) is 0 Å². The number of halogens is 1. The number of carbonyl (C=O) groups is 1. The van der Waals surface area contributed by atoms with E-state index in [4.69, 9.17) is 11.6 Å². The first-order valence-corrected chi connectivity index (χ1v) is 10.2. The van der Waals surface area contributed by atoms with Crippen LogP contribution in [0.3, 0.4) is 0 Å². The summed E-state index contributed by atoms with van der Waals surface area (Å²) in [5.74, 6) is 0.219. The van der Waals surface area contributed by atoms with Crippen LogP contribution >= 0.6 is 11.6 Å². The molecule has 0 aromatic heterocycles. The fourth-order valence-electron chi connectivity index (χ4n) is 4.51. The van der Waals surface area contributed by atoms with Gasteiger partial charge in [0, 0.05) is 24.2 Å². The molecule has 2 unspecified atom stereocenters. The Morgan fingerprint density at radius 3 is 2.60 bits per heavy atom. The first-order valence-electron chi connectivity index (χ1n) is 9.87. The third-order valence-electron chi connectivity index (χ3n) is 6.05. The van der Waals surface area contributed by atoms with Crippen molar-refractivity contribution in [2.75, 3.05) is 20.1 Å². The number of likely N-dealkylation sites (N-methyl/N-ethyl adjacent to an activating group) is 1. The second kappa shape index (κ2) is 8.55. The molecule has 4 heteroatoms. The highest BCUT2D eigenvalue weighted by atomic mass is 35.5. The third-order valence-corrected chi connectivity index (χ3v) is 6.40. The van der Waals surface area contributed by atoms with Crippen molar-refractivity contribution < 1.29 is 4.79 Å². The number of hydrogen-bond acceptors (Lipinski definition) is 2. The molecule has 2 fully saturated rings. The molecule has 1 heterocycles. The van der Waals surface area contributed by atoms with E-state index in [0.29, 0.717) is 18.5 Å². The van der Waals surface area contributed by atoms with E-state index in [1.54, 1.807) is 0 Å². The van der Waals surface area contributed by atoms with Gasteiger partial charge in [-0.1, -0.05) is 43.5 Å². The number of rotatable bonds is 5. The SMILES string of the molecule is CCc1ccc(CC(=O)N(C)C2CCCCC2N2CCCC2)cc1Cl. The third kappa shape index (κ3) is 4.38. The average molecular weight is 363 g/mol. The second-order valence-corrected chi connectivity index (χ2v) is 8.03. The topological polar surface area (TPSA) is 23.6 Å². The van der Waals surface area contributed by atoms with E-state index in [9.17, 15) is 4.79 Å². The first-order chi connectivity index (χ1) is 12.1. The zero-order valence-electron chi connectivity index (χ0n) is 15.6. The molecule has 1 saturated heterocycles. The lowest BCUT2D eigenvalue weighted by molar-refractivity contribution is -0.133. The molecule has 1 aliphatic carbocycles. The number of amides is 1. The Morgan fingerprint density at radius 1 is 1.20 bits per heavy atom. The van der Waals surface area contributed by atoms with Crippen molar-refractivity contribution in [2.45, 2.75) is 70.4 Å². The maximum atomic E-state index is 12.9. The molecule has 0 spiro atoms. The molecule has 25 heavy (non-hydrogen) atoms. The second-order valence-electron chi connectivity index (χ2n) is 7.62. The summed E-state index contributed by atoms with van der Waals surface area (Å²) in [7, 11) is 2.00. The molecular formula is C21H31ClN2O. The quantitative estimate of drug-likeness (QED) is 0.779. The van der Waals surface area contributed by atoms with Crippen LogP contribution < -0.4 is 0 Å². The normalized spacial score (nSPS) is 24.4. The minimum absolute atomic E-state index is 0.219. The molecule has 2 aliphatic rings. The Bertz CT molecular complexity index is 598. The minimum Gasteiger partial charge on any atom is -0.341 e. The van der Waals surface area contributed by atoms with E-state index in [1.807, 2.05) is 18.0 Å². The van der Waals surface area contributed by atoms with Crippen LogP contribution in [0.5, 0.6) is 0 Å². The van der Waals surface area contributed by atoms with Crippen LogP contribution in [0.4, 0.5) is 0 Å². The Labute approximate surface area is 157 Å². The van der Waals surface area contributed by atoms with Crippen molar-refractivity contribution >= 4 is 17.5 Å². The van der Waals surface area contributed by atoms with Gasteiger partial charge in [0.15, 0.2) is 0 Å². The molecule has 0 N–H and O–H groups in total. The van der Waals surface area contributed by atoms with Gasteiger partial charge in [-0.2, -0.15) is 0 Å². The number of carbonyl (C=O) groups excluding carboxylic acids is 1. The van der Waals surface area contributed by atoms with Gasteiger partial charge in [0.05, 0.1) is 6.42 Å². The molecule has 0 bridgehead atoms. The molecular weight excluding hydrogens is 332 g/mol. The van der Waals surface area contributed by atoms with E-state index in [-0.39, 0.29) is 5.91 Å². The number of nitrogens with zero attached hydrogens (tertiary/aromatic N) is 2. The summed E-state index contributed by atoms with van der Waals surface area (Å²) in [6.07, 6.45) is 8.90. The highest BCUT2D eigenvalue weighted by Crippen LogP contribution is 2.29. The summed E-state index contributed by atoms with van der Waals surface area (Å²) >= 11 is 6.32. The standard InChI is InChI=1S/C21H31ClN2O/c1-3-17-11-10-16(14-18(17)22)15-21(25)23(2)19-8-4-5-9-20(19)24-12-6-7-13-24/h10-11,14,19-20H,3-9,12-13,15H2,1-2H3. The summed E-state index contributed by atoms with van der Waals surface area (Å²) in [4.78, 5) is 17.6. The van der Waals surface area contributed by atoms with Crippen LogP contribution in [0.1, 0.15) is 56.6 Å². The van der Waals surface area contributed by atoms with E-state index >= 15 is 0 Å². The largest absolute Gasteiger partial charge is 0.341 e. The molecule has 1 saturated carbocycles. The van der Waals surface area contributed by atoms with Crippen molar-refractivity contribution in [1.29, 1.82) is 0 Å². The van der Waals surface area contributed by atoms with Crippen molar-refractivity contribution in [3.05, 3.63) is 34.3 Å². The summed E-state index contributed by atoms with van der Waals surface area (Å²) in [5, 5.41) is 0.781. The van der Waals surface area contributed by atoms with Crippen LogP contribution in [0.2, 0.25) is 5.02 Å². The number of aryl methyl sites for hydroxylation is 1. The van der Waals surface area contributed by atoms with Crippen molar-refractivity contribution in [3.8, 4) is 0 Å². The van der Waals surface area contributed by atoms with Crippen molar-refractivity contribution in [1.82, 2.24) is 9.80 Å². The van der Waals surface area contributed by atoms with E-state index < -0.39 is 0 Å². The fourth-order valence-corrected chi connectivity index (χ4v) is 4.85. The summed E-state index contributed by atoms with van der Waals surface area (Å²) < 4.78 is 0. The van der Waals surface area contributed by atoms with Crippen LogP contribution in [-0.4, -0.2) is 47.9 Å². The molecule has 1 amide bonds. The van der Waals surface area contributed by atoms with Gasteiger partial charge in [-0.15, -0.1) is 0 Å². The molecule has 3 nitrogen and oxygen atoms in total. The smallest absolute Gasteiger partial charge is 0.227 e. The van der Waals surface area contributed by atoms with E-state index in [0.717, 1.165) is 29.0 Å². The summed E-state index contributed by atoms with van der Waals surface area (Å²) in [6.45, 7) is 4.51. The Balaban J connectivity index is 1.66. The minimum atomic E-state index is 0.219. The molecule has 2 atom stereocenters. The monoisotopic (exact) mass is 362 g/mol. The zero-order chi connectivity index (χ0) is 17.8. The van der Waals surface area contributed by atoms with Gasteiger partial charge in [0.2, 0.25) is 5.91 Å². The van der Waals surface area contributed by atoms with Gasteiger partial charge in [-0.25, -0.2) is 0 Å². The van der Waals surface area contributed by atoms with Gasteiger partial charge in [0.25, 0.3) is 0 Å². The summed E-state index contributed by atoms with van der Waals surface area (Å²) in [6, 6.07) is 6.99. The lowest BCUT2D eigenvalue weighted by Crippen LogP contribution is -2.53. The fraction of sp³-hybridized carbons (Fsp3) is 0.667. The molecule has 1 aromatic carbocycles. The molecule has 0 radical (unpaired) electrons. The molecule has 3 rings (SSSR count). The van der Waals surface area contributed by atoms with E-state index in [1.165, 1.54) is 45.2 Å². The Hall–Kier alpha value is -1.06. The van der Waals surface area contributed by atoms with Gasteiger partial charge in [-0.05, 0) is 62.4 Å². The van der Waals surface area contributed by atoms with Gasteiger partial charge >= 0.3 is 0 Å².